The molecule has 4 heteroatoms. The second-order valence-electron chi connectivity index (χ2n) is 4.00. The van der Waals surface area contributed by atoms with Gasteiger partial charge in [-0.1, -0.05) is 12.1 Å². The van der Waals surface area contributed by atoms with Crippen molar-refractivity contribution in [2.24, 2.45) is 0 Å². The number of H-pyrrole nitrogens is 1. The first-order valence-electron chi connectivity index (χ1n) is 5.87. The van der Waals surface area contributed by atoms with Crippen LogP contribution in [0.5, 0.6) is 0 Å². The maximum Gasteiger partial charge on any atom is -0.0745 e. The summed E-state index contributed by atoms with van der Waals surface area (Å²) in [6.45, 7) is 4.25. The Kier molecular flexibility index (Phi) is 40.2. The second kappa shape index (κ2) is 24.8. The molecule has 0 saturated heterocycles. The average molecular weight is 448 g/mol. The molecule has 1 aromatic carbocycles. The first-order valence-corrected chi connectivity index (χ1v) is 7.10. The number of hydrogen-bond acceptors (Lipinski definition) is 0. The normalized spacial score (nSPS) is 8.54. The molecule has 0 spiro atoms. The predicted molar refractivity (Wildman–Crippen MR) is 115 cm³/mol. The molecule has 1 heterocycles. The van der Waals surface area contributed by atoms with E-state index in [0.29, 0.717) is 0 Å². The van der Waals surface area contributed by atoms with Crippen molar-refractivity contribution in [2.75, 3.05) is 0 Å². The van der Waals surface area contributed by atoms with Crippen LogP contribution in [0.4, 0.5) is 0 Å². The number of halogens is 2. The summed E-state index contributed by atoms with van der Waals surface area (Å²) in [6, 6.07) is 10.1. The minimum atomic E-state index is 0. The van der Waals surface area contributed by atoms with E-state index in [2.05, 4.69) is 43.2 Å². The van der Waals surface area contributed by atoms with E-state index in [4.69, 9.17) is 0 Å². The molecule has 0 bridgehead atoms. The van der Waals surface area contributed by atoms with Crippen LogP contribution in [0.1, 0.15) is 20.3 Å². The van der Waals surface area contributed by atoms with Crippen LogP contribution in [0.25, 0.3) is 10.9 Å². The van der Waals surface area contributed by atoms with Gasteiger partial charge in [-0.25, -0.2) is 12.2 Å². The quantitative estimate of drug-likeness (QED) is 0.435. The van der Waals surface area contributed by atoms with E-state index < -0.39 is 0 Å². The number of hydrogen-bond donors (Lipinski definition) is 1. The van der Waals surface area contributed by atoms with Gasteiger partial charge in [-0.2, -0.15) is 17.5 Å². The molecule has 0 atom stereocenters. The van der Waals surface area contributed by atoms with Gasteiger partial charge in [-0.3, -0.25) is 6.08 Å². The number of nitrogens with one attached hydrogen (secondary N) is 1. The van der Waals surface area contributed by atoms with Gasteiger partial charge < -0.3 is 34.7 Å². The SMILES string of the molecule is C[C](C)=[Zr].Cl.Cl.[C-]1=CC=CC1.[CH3-].[CH3-].[CH3-].[CH3-].[c-]1cc2ccccc2[nH]1. The molecule has 2 aromatic rings. The fourth-order valence-corrected chi connectivity index (χ4v) is 1.27. The van der Waals surface area contributed by atoms with Crippen LogP contribution in [-0.2, 0) is 24.2 Å². The third kappa shape index (κ3) is 19.6. The van der Waals surface area contributed by atoms with Crippen LogP contribution in [0.2, 0.25) is 0 Å². The van der Waals surface area contributed by atoms with E-state index >= 15 is 0 Å². The molecule has 0 saturated carbocycles. The molecule has 1 aromatic heterocycles. The summed E-state index contributed by atoms with van der Waals surface area (Å²) >= 11 is 1.55. The molecule has 0 aliphatic heterocycles. The molecule has 1 nitrogen and oxygen atoms in total. The number of fused-ring (bicyclic) bond motifs is 1. The summed E-state index contributed by atoms with van der Waals surface area (Å²) in [5.74, 6) is 0. The number of benzene rings is 1. The van der Waals surface area contributed by atoms with Crippen LogP contribution in [0.3, 0.4) is 0 Å². The van der Waals surface area contributed by atoms with Crippen LogP contribution in [0, 0.1) is 42.0 Å². The van der Waals surface area contributed by atoms with Gasteiger partial charge in [0.05, 0.1) is 0 Å². The van der Waals surface area contributed by atoms with Gasteiger partial charge in [0.2, 0.25) is 0 Å². The second-order valence-corrected chi connectivity index (χ2v) is 6.46. The molecule has 3 rings (SSSR count). The minimum absolute atomic E-state index is 0. The Morgan fingerprint density at radius 3 is 1.96 bits per heavy atom. The van der Waals surface area contributed by atoms with Crippen molar-refractivity contribution in [3.63, 3.8) is 0 Å². The molecule has 0 amide bonds. The first-order chi connectivity index (χ1) is 8.70. The fraction of sp³-hybridized carbons (Fsp3) is 0.150. The first kappa shape index (κ1) is 38.9. The van der Waals surface area contributed by atoms with Gasteiger partial charge in [-0.15, -0.1) is 55.1 Å². The van der Waals surface area contributed by atoms with Crippen LogP contribution in [0.15, 0.2) is 48.6 Å². The molecule has 1 aliphatic rings. The van der Waals surface area contributed by atoms with Crippen molar-refractivity contribution >= 4 is 38.9 Å². The third-order valence-electron chi connectivity index (χ3n) is 1.98. The van der Waals surface area contributed by atoms with Crippen LogP contribution in [-0.4, -0.2) is 8.19 Å². The fourth-order valence-electron chi connectivity index (χ4n) is 1.27. The predicted octanol–water partition coefficient (Wildman–Crippen LogP) is 6.66. The standard InChI is InChI=1S/C8H6N.C5H5.C3H6.4CH3.2ClH.Zr/c1-2-4-8-7(3-1)5-6-9-8;1-2-4-5-3-1;1-3-2;;;;;;;/h1-5,9H;1-3H,4H2;1-2H3;4*1H3;2*1H;/q2*-1;;4*-1;;;. The van der Waals surface area contributed by atoms with E-state index in [9.17, 15) is 0 Å². The van der Waals surface area contributed by atoms with Crippen molar-refractivity contribution in [2.45, 2.75) is 20.3 Å². The summed E-state index contributed by atoms with van der Waals surface area (Å²) in [5, 5.41) is 1.22. The zero-order chi connectivity index (χ0) is 13.2. The topological polar surface area (TPSA) is 15.8 Å². The molecule has 1 aliphatic carbocycles. The number of allylic oxidation sites excluding steroid dienone is 4. The maximum atomic E-state index is 2.99. The van der Waals surface area contributed by atoms with Crippen LogP contribution >= 0.6 is 24.8 Å². The molecule has 1 N–H and O–H groups in total. The third-order valence-corrected chi connectivity index (χ3v) is 1.98. The van der Waals surface area contributed by atoms with Gasteiger partial charge in [0.25, 0.3) is 0 Å². The summed E-state index contributed by atoms with van der Waals surface area (Å²) < 4.78 is 1.51. The largest absolute Gasteiger partial charge is 0.477 e. The van der Waals surface area contributed by atoms with E-state index in [1.165, 1.54) is 8.59 Å². The molecule has 24 heavy (non-hydrogen) atoms. The molecular weight excluding hydrogens is 416 g/mol. The Balaban J connectivity index is -0.0000000486. The van der Waals surface area contributed by atoms with Crippen molar-refractivity contribution in [1.29, 1.82) is 0 Å². The van der Waals surface area contributed by atoms with Crippen molar-refractivity contribution in [3.05, 3.63) is 90.5 Å². The Morgan fingerprint density at radius 1 is 1.04 bits per heavy atom. The van der Waals surface area contributed by atoms with E-state index in [-0.39, 0.29) is 54.5 Å². The number of rotatable bonds is 0. The monoisotopic (exact) mass is 445 g/mol. The van der Waals surface area contributed by atoms with E-state index in [1.54, 1.807) is 24.2 Å². The Labute approximate surface area is 178 Å². The maximum absolute atomic E-state index is 2.99. The van der Waals surface area contributed by atoms with E-state index in [0.717, 1.165) is 11.9 Å². The van der Waals surface area contributed by atoms with Crippen LogP contribution < -0.4 is 0 Å². The zero-order valence-corrected chi connectivity index (χ0v) is 19.7. The number of aromatic nitrogens is 1. The van der Waals surface area contributed by atoms with Crippen molar-refractivity contribution < 1.29 is 24.2 Å². The molecule has 0 radical (unpaired) electrons. The van der Waals surface area contributed by atoms with Gasteiger partial charge in [-0.05, 0) is 0 Å². The zero-order valence-electron chi connectivity index (χ0n) is 15.6. The Morgan fingerprint density at radius 2 is 1.58 bits per heavy atom. The van der Waals surface area contributed by atoms with Gasteiger partial charge in [0.1, 0.15) is 0 Å². The smallest absolute Gasteiger partial charge is 0.0745 e. The van der Waals surface area contributed by atoms with Crippen molar-refractivity contribution in [1.82, 2.24) is 4.98 Å². The molecule has 140 valence electrons. The van der Waals surface area contributed by atoms with Gasteiger partial charge in [0, 0.05) is 0 Å². The minimum Gasteiger partial charge on any atom is -0.477 e. The van der Waals surface area contributed by atoms with Crippen molar-refractivity contribution in [3.8, 4) is 0 Å². The van der Waals surface area contributed by atoms with Gasteiger partial charge in [0.15, 0.2) is 0 Å². The molecular formula is C20H31Cl2NZr-6. The summed E-state index contributed by atoms with van der Waals surface area (Å²) in [6.07, 6.45) is 12.9. The Bertz CT molecular complexity index is 501. The molecule has 0 fully saturated rings. The number of aromatic amines is 1. The van der Waals surface area contributed by atoms with Gasteiger partial charge >= 0.3 is 41.3 Å². The number of para-hydroxylation sites is 1. The Hall–Kier alpha value is -0.427. The average Bonchev–Trinajstić information content (AvgIpc) is 3.03. The summed E-state index contributed by atoms with van der Waals surface area (Å²) in [5.41, 5.74) is 1.15. The van der Waals surface area contributed by atoms with E-state index in [1.807, 2.05) is 36.4 Å². The summed E-state index contributed by atoms with van der Waals surface area (Å²) in [4.78, 5) is 2.99. The summed E-state index contributed by atoms with van der Waals surface area (Å²) in [7, 11) is 0. The molecule has 0 unspecified atom stereocenters.